The van der Waals surface area contributed by atoms with Crippen LogP contribution in [0.3, 0.4) is 0 Å². The van der Waals surface area contributed by atoms with Crippen molar-refractivity contribution >= 4 is 11.8 Å². The van der Waals surface area contributed by atoms with Crippen molar-refractivity contribution in [3.63, 3.8) is 0 Å². The minimum absolute atomic E-state index is 0.863. The second kappa shape index (κ2) is 5.77. The van der Waals surface area contributed by atoms with Crippen LogP contribution in [0.25, 0.3) is 0 Å². The van der Waals surface area contributed by atoms with Gasteiger partial charge in [-0.3, -0.25) is 0 Å². The minimum Gasteiger partial charge on any atom is -0.497 e. The SMILES string of the molecule is COc1cccc(CSCc2cc(C)on2)c1. The van der Waals surface area contributed by atoms with Gasteiger partial charge in [-0.05, 0) is 24.6 Å². The van der Waals surface area contributed by atoms with Crippen molar-refractivity contribution < 1.29 is 9.26 Å². The molecule has 1 aromatic heterocycles. The third kappa shape index (κ3) is 3.53. The van der Waals surface area contributed by atoms with Crippen LogP contribution in [-0.4, -0.2) is 12.3 Å². The average Bonchev–Trinajstić information content (AvgIpc) is 2.75. The van der Waals surface area contributed by atoms with E-state index in [9.17, 15) is 0 Å². The van der Waals surface area contributed by atoms with Crippen LogP contribution in [0.15, 0.2) is 34.9 Å². The Labute approximate surface area is 105 Å². The maximum atomic E-state index is 5.19. The van der Waals surface area contributed by atoms with Gasteiger partial charge in [-0.1, -0.05) is 17.3 Å². The van der Waals surface area contributed by atoms with E-state index in [-0.39, 0.29) is 0 Å². The summed E-state index contributed by atoms with van der Waals surface area (Å²) in [6.45, 7) is 1.91. The molecule has 0 saturated heterocycles. The average molecular weight is 249 g/mol. The highest BCUT2D eigenvalue weighted by Gasteiger charge is 2.01. The molecule has 0 amide bonds. The van der Waals surface area contributed by atoms with Crippen LogP contribution >= 0.6 is 11.8 Å². The van der Waals surface area contributed by atoms with E-state index in [0.717, 1.165) is 28.7 Å². The van der Waals surface area contributed by atoms with Gasteiger partial charge < -0.3 is 9.26 Å². The van der Waals surface area contributed by atoms with Crippen molar-refractivity contribution in [1.29, 1.82) is 0 Å². The highest BCUT2D eigenvalue weighted by molar-refractivity contribution is 7.97. The molecule has 0 fully saturated rings. The number of hydrogen-bond acceptors (Lipinski definition) is 4. The van der Waals surface area contributed by atoms with Gasteiger partial charge in [0, 0.05) is 17.6 Å². The van der Waals surface area contributed by atoms with E-state index in [1.54, 1.807) is 7.11 Å². The summed E-state index contributed by atoms with van der Waals surface area (Å²) < 4.78 is 10.2. The number of methoxy groups -OCH3 is 1. The molecule has 3 nitrogen and oxygen atoms in total. The van der Waals surface area contributed by atoms with Crippen LogP contribution in [0.1, 0.15) is 17.0 Å². The summed E-state index contributed by atoms with van der Waals surface area (Å²) >= 11 is 1.81. The van der Waals surface area contributed by atoms with E-state index >= 15 is 0 Å². The predicted molar refractivity (Wildman–Crippen MR) is 69.2 cm³/mol. The van der Waals surface area contributed by atoms with Crippen LogP contribution in [0, 0.1) is 6.92 Å². The van der Waals surface area contributed by atoms with Gasteiger partial charge in [-0.2, -0.15) is 11.8 Å². The van der Waals surface area contributed by atoms with E-state index in [0.29, 0.717) is 0 Å². The largest absolute Gasteiger partial charge is 0.497 e. The second-order valence-electron chi connectivity index (χ2n) is 3.77. The van der Waals surface area contributed by atoms with Crippen molar-refractivity contribution in [2.75, 3.05) is 7.11 Å². The van der Waals surface area contributed by atoms with Gasteiger partial charge in [-0.15, -0.1) is 0 Å². The highest BCUT2D eigenvalue weighted by atomic mass is 32.2. The molecule has 0 N–H and O–H groups in total. The van der Waals surface area contributed by atoms with Crippen LogP contribution in [0.2, 0.25) is 0 Å². The van der Waals surface area contributed by atoms with Gasteiger partial charge in [0.15, 0.2) is 0 Å². The van der Waals surface area contributed by atoms with Gasteiger partial charge in [-0.25, -0.2) is 0 Å². The van der Waals surface area contributed by atoms with Crippen LogP contribution < -0.4 is 4.74 Å². The summed E-state index contributed by atoms with van der Waals surface area (Å²) in [7, 11) is 1.68. The maximum absolute atomic E-state index is 5.19. The Hall–Kier alpha value is -1.42. The molecule has 2 aromatic rings. The van der Waals surface area contributed by atoms with Gasteiger partial charge in [0.2, 0.25) is 0 Å². The van der Waals surface area contributed by atoms with E-state index in [1.165, 1.54) is 5.56 Å². The number of aryl methyl sites for hydroxylation is 1. The fourth-order valence-electron chi connectivity index (χ4n) is 1.52. The number of nitrogens with zero attached hydrogens (tertiary/aromatic N) is 1. The fraction of sp³-hybridized carbons (Fsp3) is 0.308. The molecule has 90 valence electrons. The Kier molecular flexibility index (Phi) is 4.09. The number of thioether (sulfide) groups is 1. The molecule has 0 unspecified atom stereocenters. The normalized spacial score (nSPS) is 10.5. The van der Waals surface area contributed by atoms with Crippen molar-refractivity contribution in [1.82, 2.24) is 5.16 Å². The fourth-order valence-corrected chi connectivity index (χ4v) is 2.38. The van der Waals surface area contributed by atoms with Crippen LogP contribution in [0.5, 0.6) is 5.75 Å². The molecule has 17 heavy (non-hydrogen) atoms. The standard InChI is InChI=1S/C13H15NO2S/c1-10-6-12(14-16-10)9-17-8-11-4-3-5-13(7-11)15-2/h3-7H,8-9H2,1-2H3. The lowest BCUT2D eigenvalue weighted by Crippen LogP contribution is -1.86. The summed E-state index contributed by atoms with van der Waals surface area (Å²) in [5.74, 6) is 3.58. The Bertz CT molecular complexity index is 482. The first-order valence-electron chi connectivity index (χ1n) is 5.41. The molecule has 4 heteroatoms. The van der Waals surface area contributed by atoms with Crippen molar-refractivity contribution in [3.8, 4) is 5.75 Å². The third-order valence-electron chi connectivity index (χ3n) is 2.33. The Balaban J connectivity index is 1.85. The first kappa shape index (κ1) is 12.0. The molecule has 0 atom stereocenters. The monoisotopic (exact) mass is 249 g/mol. The number of hydrogen-bond donors (Lipinski definition) is 0. The molecule has 0 radical (unpaired) electrons. The zero-order valence-corrected chi connectivity index (χ0v) is 10.8. The van der Waals surface area contributed by atoms with Crippen LogP contribution in [-0.2, 0) is 11.5 Å². The van der Waals surface area contributed by atoms with Gasteiger partial charge in [0.1, 0.15) is 11.5 Å². The molecule has 0 aliphatic carbocycles. The molecule has 0 bridgehead atoms. The number of benzene rings is 1. The van der Waals surface area contributed by atoms with Crippen molar-refractivity contribution in [2.45, 2.75) is 18.4 Å². The van der Waals surface area contributed by atoms with E-state index in [4.69, 9.17) is 9.26 Å². The predicted octanol–water partition coefficient (Wildman–Crippen LogP) is 3.43. The lowest BCUT2D eigenvalue weighted by Gasteiger charge is -2.03. The van der Waals surface area contributed by atoms with Crippen molar-refractivity contribution in [3.05, 3.63) is 47.3 Å². The van der Waals surface area contributed by atoms with E-state index in [2.05, 4.69) is 17.3 Å². The summed E-state index contributed by atoms with van der Waals surface area (Å²) in [4.78, 5) is 0. The highest BCUT2D eigenvalue weighted by Crippen LogP contribution is 2.20. The smallest absolute Gasteiger partial charge is 0.133 e. The number of ether oxygens (including phenoxy) is 1. The lowest BCUT2D eigenvalue weighted by atomic mass is 10.2. The number of aromatic nitrogens is 1. The third-order valence-corrected chi connectivity index (χ3v) is 3.37. The summed E-state index contributed by atoms with van der Waals surface area (Å²) in [6.07, 6.45) is 0. The molecule has 0 saturated carbocycles. The minimum atomic E-state index is 0.863. The van der Waals surface area contributed by atoms with Gasteiger partial charge in [0.05, 0.1) is 12.8 Å². The molecule has 0 aliphatic heterocycles. The summed E-state index contributed by atoms with van der Waals surface area (Å²) in [6, 6.07) is 10.1. The maximum Gasteiger partial charge on any atom is 0.133 e. The topological polar surface area (TPSA) is 35.3 Å². The molecular weight excluding hydrogens is 234 g/mol. The van der Waals surface area contributed by atoms with Gasteiger partial charge in [0.25, 0.3) is 0 Å². The molecular formula is C13H15NO2S. The second-order valence-corrected chi connectivity index (χ2v) is 4.76. The van der Waals surface area contributed by atoms with Crippen molar-refractivity contribution in [2.24, 2.45) is 0 Å². The first-order valence-corrected chi connectivity index (χ1v) is 6.56. The first-order chi connectivity index (χ1) is 8.28. The zero-order chi connectivity index (χ0) is 12.1. The van der Waals surface area contributed by atoms with Gasteiger partial charge >= 0.3 is 0 Å². The summed E-state index contributed by atoms with van der Waals surface area (Å²) in [5.41, 5.74) is 2.25. The molecule has 2 rings (SSSR count). The summed E-state index contributed by atoms with van der Waals surface area (Å²) in [5, 5.41) is 3.96. The molecule has 1 heterocycles. The molecule has 0 spiro atoms. The quantitative estimate of drug-likeness (QED) is 0.813. The van der Waals surface area contributed by atoms with E-state index in [1.807, 2.05) is 36.9 Å². The zero-order valence-electron chi connectivity index (χ0n) is 9.97. The van der Waals surface area contributed by atoms with E-state index < -0.39 is 0 Å². The Morgan fingerprint density at radius 2 is 2.18 bits per heavy atom. The van der Waals surface area contributed by atoms with Crippen LogP contribution in [0.4, 0.5) is 0 Å². The number of rotatable bonds is 5. The molecule has 1 aromatic carbocycles. The Morgan fingerprint density at radius 3 is 2.88 bits per heavy atom. The lowest BCUT2D eigenvalue weighted by molar-refractivity contribution is 0.393. The Morgan fingerprint density at radius 1 is 1.29 bits per heavy atom. The molecule has 0 aliphatic rings.